The molecule has 0 aliphatic heterocycles. The molecule has 112 valence electrons. The van der Waals surface area contributed by atoms with Crippen molar-refractivity contribution in [3.05, 3.63) is 52.5 Å². The Balaban J connectivity index is 2.19. The van der Waals surface area contributed by atoms with Gasteiger partial charge in [0.2, 0.25) is 10.0 Å². The van der Waals surface area contributed by atoms with Gasteiger partial charge in [0.25, 0.3) is 5.69 Å². The van der Waals surface area contributed by atoms with Crippen LogP contribution in [-0.2, 0) is 16.4 Å². The van der Waals surface area contributed by atoms with Crippen LogP contribution in [0, 0.1) is 10.1 Å². The highest BCUT2D eigenvalue weighted by Crippen LogP contribution is 2.25. The van der Waals surface area contributed by atoms with E-state index in [9.17, 15) is 18.5 Å². The van der Waals surface area contributed by atoms with Crippen LogP contribution < -0.4 is 10.5 Å². The van der Waals surface area contributed by atoms with Crippen molar-refractivity contribution in [1.82, 2.24) is 4.72 Å². The van der Waals surface area contributed by atoms with Gasteiger partial charge in [0.15, 0.2) is 4.90 Å². The normalized spacial score (nSPS) is 11.4. The highest BCUT2D eigenvalue weighted by atomic mass is 32.2. The third kappa shape index (κ3) is 3.58. The Kier molecular flexibility index (Phi) is 4.24. The summed E-state index contributed by atoms with van der Waals surface area (Å²) < 4.78 is 31.6. The molecule has 0 spiro atoms. The van der Waals surface area contributed by atoms with Gasteiger partial charge in [0.05, 0.1) is 11.2 Å². The standard InChI is InChI=1S/C12H13N3O5S/c13-9-3-4-11(15(16)17)12(8-9)21(18,19)14-6-5-10-2-1-7-20-10/h1-4,7-8,14H,5-6,13H2. The number of nitrogens with two attached hydrogens (primary N) is 1. The maximum atomic E-state index is 12.1. The molecule has 0 aliphatic carbocycles. The Morgan fingerprint density at radius 2 is 2.10 bits per heavy atom. The number of anilines is 1. The molecule has 2 rings (SSSR count). The van der Waals surface area contributed by atoms with E-state index in [2.05, 4.69) is 4.72 Å². The molecule has 9 heteroatoms. The number of nitrogens with zero attached hydrogens (tertiary/aromatic N) is 1. The molecule has 0 atom stereocenters. The zero-order chi connectivity index (χ0) is 15.5. The highest BCUT2D eigenvalue weighted by Gasteiger charge is 2.25. The van der Waals surface area contributed by atoms with Crippen molar-refractivity contribution < 1.29 is 17.8 Å². The zero-order valence-electron chi connectivity index (χ0n) is 10.9. The van der Waals surface area contributed by atoms with Crippen molar-refractivity contribution in [1.29, 1.82) is 0 Å². The monoisotopic (exact) mass is 311 g/mol. The molecule has 1 aromatic carbocycles. The van der Waals surface area contributed by atoms with E-state index in [1.165, 1.54) is 12.3 Å². The van der Waals surface area contributed by atoms with Crippen molar-refractivity contribution in [2.45, 2.75) is 11.3 Å². The molecule has 0 fully saturated rings. The van der Waals surface area contributed by atoms with Crippen LogP contribution in [-0.4, -0.2) is 19.9 Å². The molecule has 21 heavy (non-hydrogen) atoms. The first-order valence-electron chi connectivity index (χ1n) is 5.96. The predicted molar refractivity (Wildman–Crippen MR) is 75.1 cm³/mol. The van der Waals surface area contributed by atoms with Crippen molar-refractivity contribution in [3.63, 3.8) is 0 Å². The van der Waals surface area contributed by atoms with Crippen molar-refractivity contribution in [3.8, 4) is 0 Å². The molecule has 0 aliphatic rings. The van der Waals surface area contributed by atoms with Gasteiger partial charge in [-0.15, -0.1) is 0 Å². The number of hydrogen-bond donors (Lipinski definition) is 2. The van der Waals surface area contributed by atoms with Gasteiger partial charge in [-0.2, -0.15) is 0 Å². The van der Waals surface area contributed by atoms with Gasteiger partial charge in [-0.1, -0.05) is 0 Å². The molecule has 0 saturated carbocycles. The van der Waals surface area contributed by atoms with Crippen LogP contribution in [0.5, 0.6) is 0 Å². The lowest BCUT2D eigenvalue weighted by atomic mass is 10.3. The Morgan fingerprint density at radius 1 is 1.33 bits per heavy atom. The first-order chi connectivity index (χ1) is 9.90. The summed E-state index contributed by atoms with van der Waals surface area (Å²) in [5.41, 5.74) is 5.11. The fourth-order valence-electron chi connectivity index (χ4n) is 1.74. The summed E-state index contributed by atoms with van der Waals surface area (Å²) in [5, 5.41) is 10.9. The van der Waals surface area contributed by atoms with E-state index in [4.69, 9.17) is 10.2 Å². The lowest BCUT2D eigenvalue weighted by molar-refractivity contribution is -0.387. The molecule has 1 heterocycles. The minimum atomic E-state index is -4.03. The SMILES string of the molecule is Nc1ccc([N+](=O)[O-])c(S(=O)(=O)NCCc2ccco2)c1. The van der Waals surface area contributed by atoms with Gasteiger partial charge in [-0.05, 0) is 24.3 Å². The molecule has 2 aromatic rings. The van der Waals surface area contributed by atoms with Crippen LogP contribution >= 0.6 is 0 Å². The van der Waals surface area contributed by atoms with Gasteiger partial charge in [-0.3, -0.25) is 10.1 Å². The second-order valence-electron chi connectivity index (χ2n) is 4.21. The maximum absolute atomic E-state index is 12.1. The fourth-order valence-corrected chi connectivity index (χ4v) is 2.97. The third-order valence-corrected chi connectivity index (χ3v) is 4.20. The predicted octanol–water partition coefficient (Wildman–Crippen LogP) is 1.29. The molecule has 3 N–H and O–H groups in total. The fraction of sp³-hybridized carbons (Fsp3) is 0.167. The molecule has 0 saturated heterocycles. The highest BCUT2D eigenvalue weighted by molar-refractivity contribution is 7.89. The van der Waals surface area contributed by atoms with Crippen LogP contribution in [0.25, 0.3) is 0 Å². The topological polar surface area (TPSA) is 128 Å². The van der Waals surface area contributed by atoms with Gasteiger partial charge in [0, 0.05) is 24.7 Å². The van der Waals surface area contributed by atoms with Gasteiger partial charge in [0.1, 0.15) is 5.76 Å². The van der Waals surface area contributed by atoms with Gasteiger partial charge in [-0.25, -0.2) is 13.1 Å². The largest absolute Gasteiger partial charge is 0.469 e. The second-order valence-corrected chi connectivity index (χ2v) is 5.95. The number of hydrogen-bond acceptors (Lipinski definition) is 6. The van der Waals surface area contributed by atoms with Gasteiger partial charge >= 0.3 is 0 Å². The number of sulfonamides is 1. The maximum Gasteiger partial charge on any atom is 0.289 e. The Labute approximate surface area is 120 Å². The number of nitro benzene ring substituents is 1. The average Bonchev–Trinajstić information content (AvgIpc) is 2.91. The second kappa shape index (κ2) is 5.94. The molecule has 8 nitrogen and oxygen atoms in total. The van der Waals surface area contributed by atoms with E-state index in [-0.39, 0.29) is 12.2 Å². The van der Waals surface area contributed by atoms with Crippen LogP contribution in [0.4, 0.5) is 11.4 Å². The summed E-state index contributed by atoms with van der Waals surface area (Å²) in [4.78, 5) is 9.68. The van der Waals surface area contributed by atoms with Gasteiger partial charge < -0.3 is 10.2 Å². The van der Waals surface area contributed by atoms with E-state index in [0.29, 0.717) is 12.2 Å². The number of nitrogens with one attached hydrogen (secondary N) is 1. The number of nitrogen functional groups attached to an aromatic ring is 1. The number of rotatable bonds is 6. The van der Waals surface area contributed by atoms with Crippen LogP contribution in [0.2, 0.25) is 0 Å². The number of furan rings is 1. The van der Waals surface area contributed by atoms with Crippen molar-refractivity contribution >= 4 is 21.4 Å². The third-order valence-electron chi connectivity index (χ3n) is 2.71. The average molecular weight is 311 g/mol. The lowest BCUT2D eigenvalue weighted by Crippen LogP contribution is -2.26. The summed E-state index contributed by atoms with van der Waals surface area (Å²) in [6.45, 7) is 0.0573. The summed E-state index contributed by atoms with van der Waals surface area (Å²) in [6.07, 6.45) is 1.81. The lowest BCUT2D eigenvalue weighted by Gasteiger charge is -2.07. The quantitative estimate of drug-likeness (QED) is 0.470. The summed E-state index contributed by atoms with van der Waals surface area (Å²) in [7, 11) is -4.03. The molecule has 1 aromatic heterocycles. The van der Waals surface area contributed by atoms with Crippen molar-refractivity contribution in [2.75, 3.05) is 12.3 Å². The molecular formula is C12H13N3O5S. The van der Waals surface area contributed by atoms with Crippen LogP contribution in [0.3, 0.4) is 0 Å². The van der Waals surface area contributed by atoms with E-state index >= 15 is 0 Å². The Morgan fingerprint density at radius 3 is 2.71 bits per heavy atom. The number of benzene rings is 1. The van der Waals surface area contributed by atoms with E-state index < -0.39 is 25.5 Å². The molecule has 0 unspecified atom stereocenters. The summed E-state index contributed by atoms with van der Waals surface area (Å²) in [5.74, 6) is 0.611. The Hall–Kier alpha value is -2.39. The minimum Gasteiger partial charge on any atom is -0.469 e. The van der Waals surface area contributed by atoms with E-state index in [0.717, 1.165) is 12.1 Å². The zero-order valence-corrected chi connectivity index (χ0v) is 11.7. The first kappa shape index (κ1) is 15.0. The van der Waals surface area contributed by atoms with E-state index in [1.807, 2.05) is 0 Å². The van der Waals surface area contributed by atoms with E-state index in [1.54, 1.807) is 12.1 Å². The van der Waals surface area contributed by atoms with Crippen molar-refractivity contribution in [2.24, 2.45) is 0 Å². The smallest absolute Gasteiger partial charge is 0.289 e. The minimum absolute atomic E-state index is 0.0573. The Bertz CT molecular complexity index is 740. The molecule has 0 radical (unpaired) electrons. The van der Waals surface area contributed by atoms with Crippen LogP contribution in [0.1, 0.15) is 5.76 Å². The number of nitro groups is 1. The first-order valence-corrected chi connectivity index (χ1v) is 7.44. The molecule has 0 amide bonds. The molecule has 0 bridgehead atoms. The van der Waals surface area contributed by atoms with Crippen LogP contribution in [0.15, 0.2) is 45.9 Å². The molecular weight excluding hydrogens is 298 g/mol. The summed E-state index contributed by atoms with van der Waals surface area (Å²) in [6, 6.07) is 6.80. The summed E-state index contributed by atoms with van der Waals surface area (Å²) >= 11 is 0.